The zero-order valence-corrected chi connectivity index (χ0v) is 14.0. The number of thiophene rings is 1. The molecule has 0 saturated heterocycles. The molecular weight excluding hydrogens is 351 g/mol. The minimum Gasteiger partial charge on any atom is -0.478 e. The maximum atomic E-state index is 13.2. The molecule has 24 heavy (non-hydrogen) atoms. The highest BCUT2D eigenvalue weighted by Crippen LogP contribution is 2.37. The summed E-state index contributed by atoms with van der Waals surface area (Å²) in [5.74, 6) is -2.26. The molecule has 8 heteroatoms. The minimum absolute atomic E-state index is 0.0147. The molecule has 2 heterocycles. The van der Waals surface area contributed by atoms with E-state index in [-0.39, 0.29) is 16.1 Å². The number of halogens is 1. The molecule has 1 aromatic carbocycles. The molecule has 0 unspecified atom stereocenters. The third-order valence-corrected chi connectivity index (χ3v) is 5.06. The second-order valence-electron chi connectivity index (χ2n) is 4.92. The quantitative estimate of drug-likeness (QED) is 0.726. The number of nitrogens with one attached hydrogen (secondary N) is 1. The topological polar surface area (TPSA) is 79.3 Å². The van der Waals surface area contributed by atoms with Crippen molar-refractivity contribution in [2.75, 3.05) is 5.32 Å². The average molecular weight is 362 g/mol. The molecule has 0 aliphatic rings. The van der Waals surface area contributed by atoms with Crippen LogP contribution in [-0.2, 0) is 0 Å². The molecule has 0 bridgehead atoms. The predicted molar refractivity (Wildman–Crippen MR) is 91.5 cm³/mol. The number of aromatic carboxylic acids is 1. The summed E-state index contributed by atoms with van der Waals surface area (Å²) in [4.78, 5) is 28.1. The number of nitrogens with zero attached hydrogens (tertiary/aromatic N) is 1. The van der Waals surface area contributed by atoms with Crippen molar-refractivity contribution in [1.82, 2.24) is 4.98 Å². The fraction of sp³-hybridized carbons (Fsp3) is 0.0625. The van der Waals surface area contributed by atoms with Crippen molar-refractivity contribution in [1.29, 1.82) is 0 Å². The summed E-state index contributed by atoms with van der Waals surface area (Å²) in [7, 11) is 0. The molecule has 0 aliphatic heterocycles. The van der Waals surface area contributed by atoms with Gasteiger partial charge in [-0.05, 0) is 25.1 Å². The number of anilines is 1. The van der Waals surface area contributed by atoms with Gasteiger partial charge in [0.25, 0.3) is 5.91 Å². The van der Waals surface area contributed by atoms with Crippen molar-refractivity contribution in [3.8, 4) is 10.6 Å². The van der Waals surface area contributed by atoms with Crippen molar-refractivity contribution in [2.45, 2.75) is 6.92 Å². The monoisotopic (exact) mass is 362 g/mol. The molecule has 0 spiro atoms. The molecular formula is C16H11FN2O3S2. The van der Waals surface area contributed by atoms with Crippen LogP contribution in [0, 0.1) is 12.7 Å². The van der Waals surface area contributed by atoms with Gasteiger partial charge in [0.05, 0.1) is 0 Å². The van der Waals surface area contributed by atoms with Gasteiger partial charge < -0.3 is 10.4 Å². The molecule has 3 rings (SSSR count). The van der Waals surface area contributed by atoms with Crippen molar-refractivity contribution < 1.29 is 19.1 Å². The lowest BCUT2D eigenvalue weighted by molar-refractivity contribution is 0.0699. The number of aromatic nitrogens is 1. The highest BCUT2D eigenvalue weighted by atomic mass is 32.1. The minimum atomic E-state index is -1.16. The van der Waals surface area contributed by atoms with Gasteiger partial charge in [-0.1, -0.05) is 6.07 Å². The molecule has 0 saturated carbocycles. The predicted octanol–water partition coefficient (Wildman–Crippen LogP) is 4.27. The van der Waals surface area contributed by atoms with Gasteiger partial charge in [-0.3, -0.25) is 4.79 Å². The highest BCUT2D eigenvalue weighted by molar-refractivity contribution is 7.17. The number of aryl methyl sites for hydroxylation is 1. The van der Waals surface area contributed by atoms with Crippen LogP contribution in [0.4, 0.5) is 9.39 Å². The van der Waals surface area contributed by atoms with Crippen LogP contribution < -0.4 is 5.32 Å². The van der Waals surface area contributed by atoms with Crippen LogP contribution in [-0.4, -0.2) is 22.0 Å². The Bertz CT molecular complexity index is 933. The van der Waals surface area contributed by atoms with E-state index in [1.54, 1.807) is 5.38 Å². The maximum absolute atomic E-state index is 13.2. The molecule has 0 radical (unpaired) electrons. The van der Waals surface area contributed by atoms with E-state index in [9.17, 15) is 19.1 Å². The van der Waals surface area contributed by atoms with Gasteiger partial charge in [0.2, 0.25) is 0 Å². The average Bonchev–Trinajstić information content (AvgIpc) is 3.13. The lowest BCUT2D eigenvalue weighted by Gasteiger charge is -2.05. The van der Waals surface area contributed by atoms with Gasteiger partial charge in [0.15, 0.2) is 0 Å². The van der Waals surface area contributed by atoms with Crippen LogP contribution in [0.25, 0.3) is 10.6 Å². The first-order valence-electron chi connectivity index (χ1n) is 6.80. The van der Waals surface area contributed by atoms with E-state index in [4.69, 9.17) is 0 Å². The van der Waals surface area contributed by atoms with Crippen molar-refractivity contribution >= 4 is 39.6 Å². The highest BCUT2D eigenvalue weighted by Gasteiger charge is 2.23. The Labute approximate surface area is 144 Å². The molecule has 2 N–H and O–H groups in total. The normalized spacial score (nSPS) is 10.6. The first-order chi connectivity index (χ1) is 11.5. The fourth-order valence-corrected chi connectivity index (χ4v) is 3.93. The lowest BCUT2D eigenvalue weighted by atomic mass is 10.1. The van der Waals surface area contributed by atoms with Crippen LogP contribution in [0.15, 0.2) is 35.0 Å². The Morgan fingerprint density at radius 1 is 1.25 bits per heavy atom. The van der Waals surface area contributed by atoms with E-state index in [0.717, 1.165) is 23.1 Å². The van der Waals surface area contributed by atoms with Gasteiger partial charge in [0, 0.05) is 27.6 Å². The largest absolute Gasteiger partial charge is 0.478 e. The Morgan fingerprint density at radius 2 is 2.04 bits per heavy atom. The standard InChI is InChI=1S/C16H11FN2O3S2/c1-8-6-23-14(18-8)11-7-24-15(12(11)16(21)22)19-13(20)9-3-2-4-10(17)5-9/h2-7H,1H3,(H,19,20)(H,21,22). The van der Waals surface area contributed by atoms with Crippen LogP contribution in [0.1, 0.15) is 26.4 Å². The summed E-state index contributed by atoms with van der Waals surface area (Å²) in [6.07, 6.45) is 0. The SMILES string of the molecule is Cc1csc(-c2csc(NC(=O)c3cccc(F)c3)c2C(=O)O)n1. The molecule has 5 nitrogen and oxygen atoms in total. The van der Waals surface area contributed by atoms with Crippen molar-refractivity contribution in [3.63, 3.8) is 0 Å². The lowest BCUT2D eigenvalue weighted by Crippen LogP contribution is -2.13. The molecule has 1 amide bonds. The number of carboxylic acid groups (broad SMARTS) is 1. The van der Waals surface area contributed by atoms with E-state index in [0.29, 0.717) is 10.6 Å². The molecule has 3 aromatic rings. The van der Waals surface area contributed by atoms with Crippen LogP contribution in [0.3, 0.4) is 0 Å². The molecule has 122 valence electrons. The number of rotatable bonds is 4. The Kier molecular flexibility index (Phi) is 4.41. The number of amides is 1. The fourth-order valence-electron chi connectivity index (χ4n) is 2.10. The van der Waals surface area contributed by atoms with Gasteiger partial charge in [-0.2, -0.15) is 0 Å². The number of carboxylic acids is 1. The summed E-state index contributed by atoms with van der Waals surface area (Å²) in [6.45, 7) is 1.82. The third kappa shape index (κ3) is 3.19. The number of carbonyl (C=O) groups excluding carboxylic acids is 1. The number of thiazole rings is 1. The van der Waals surface area contributed by atoms with E-state index in [2.05, 4.69) is 10.3 Å². The Morgan fingerprint density at radius 3 is 2.67 bits per heavy atom. The third-order valence-electron chi connectivity index (χ3n) is 3.17. The van der Waals surface area contributed by atoms with Gasteiger partial charge >= 0.3 is 5.97 Å². The van der Waals surface area contributed by atoms with Crippen molar-refractivity contribution in [3.05, 3.63) is 57.7 Å². The first kappa shape index (κ1) is 16.3. The zero-order chi connectivity index (χ0) is 17.3. The second-order valence-corrected chi connectivity index (χ2v) is 6.65. The summed E-state index contributed by atoms with van der Waals surface area (Å²) in [5, 5.41) is 16.3. The van der Waals surface area contributed by atoms with E-state index in [1.165, 1.54) is 29.5 Å². The number of hydrogen-bond donors (Lipinski definition) is 2. The van der Waals surface area contributed by atoms with Crippen LogP contribution in [0.5, 0.6) is 0 Å². The van der Waals surface area contributed by atoms with E-state index in [1.807, 2.05) is 12.3 Å². The molecule has 0 fully saturated rings. The summed E-state index contributed by atoms with van der Waals surface area (Å²) < 4.78 is 13.2. The molecule has 2 aromatic heterocycles. The van der Waals surface area contributed by atoms with Crippen LogP contribution in [0.2, 0.25) is 0 Å². The number of hydrogen-bond acceptors (Lipinski definition) is 5. The van der Waals surface area contributed by atoms with E-state index < -0.39 is 17.7 Å². The molecule has 0 aliphatic carbocycles. The Balaban J connectivity index is 1.95. The van der Waals surface area contributed by atoms with Gasteiger partial charge in [-0.15, -0.1) is 22.7 Å². The zero-order valence-electron chi connectivity index (χ0n) is 12.4. The number of carbonyl (C=O) groups is 2. The Hall–Kier alpha value is -2.58. The number of benzene rings is 1. The first-order valence-corrected chi connectivity index (χ1v) is 8.56. The van der Waals surface area contributed by atoms with E-state index >= 15 is 0 Å². The van der Waals surface area contributed by atoms with Crippen LogP contribution >= 0.6 is 22.7 Å². The summed E-state index contributed by atoms with van der Waals surface area (Å²) in [6, 6.07) is 5.19. The van der Waals surface area contributed by atoms with Crippen molar-refractivity contribution in [2.24, 2.45) is 0 Å². The van der Waals surface area contributed by atoms with Gasteiger partial charge in [0.1, 0.15) is 21.4 Å². The second kappa shape index (κ2) is 6.50. The molecule has 0 atom stereocenters. The summed E-state index contributed by atoms with van der Waals surface area (Å²) >= 11 is 2.43. The summed E-state index contributed by atoms with van der Waals surface area (Å²) in [5.41, 5.74) is 1.36. The smallest absolute Gasteiger partial charge is 0.339 e. The van der Waals surface area contributed by atoms with Gasteiger partial charge in [-0.25, -0.2) is 14.2 Å². The maximum Gasteiger partial charge on any atom is 0.339 e.